The number of ether oxygens (including phenoxy) is 1. The number of hydrogen-bond acceptors (Lipinski definition) is 3. The predicted molar refractivity (Wildman–Crippen MR) is 91.0 cm³/mol. The maximum Gasteiger partial charge on any atom is 0.316 e. The first kappa shape index (κ1) is 15.8. The van der Waals surface area contributed by atoms with E-state index < -0.39 is 5.41 Å². The molecule has 3 heteroatoms. The first-order valence-corrected chi connectivity index (χ1v) is 8.24. The summed E-state index contributed by atoms with van der Waals surface area (Å²) in [7, 11) is 0. The molecule has 1 N–H and O–H groups in total. The zero-order valence-corrected chi connectivity index (χ0v) is 13.5. The average molecular weight is 309 g/mol. The Kier molecular flexibility index (Phi) is 4.77. The fraction of sp³-hybridized carbons (Fsp3) is 0.350. The quantitative estimate of drug-likeness (QED) is 0.798. The van der Waals surface area contributed by atoms with Gasteiger partial charge in [-0.05, 0) is 36.9 Å². The molecule has 1 aliphatic rings. The van der Waals surface area contributed by atoms with Gasteiger partial charge in [-0.3, -0.25) is 4.79 Å². The Morgan fingerprint density at radius 1 is 1.13 bits per heavy atom. The highest BCUT2D eigenvalue weighted by Gasteiger charge is 2.61. The van der Waals surface area contributed by atoms with Crippen LogP contribution >= 0.6 is 0 Å². The molecule has 2 aromatic carbocycles. The number of rotatable bonds is 7. The second-order valence-corrected chi connectivity index (χ2v) is 6.08. The van der Waals surface area contributed by atoms with E-state index >= 15 is 0 Å². The van der Waals surface area contributed by atoms with Crippen LogP contribution < -0.4 is 5.32 Å². The molecule has 1 unspecified atom stereocenters. The fourth-order valence-electron chi connectivity index (χ4n) is 3.28. The summed E-state index contributed by atoms with van der Waals surface area (Å²) in [6.07, 6.45) is 0.859. The van der Waals surface area contributed by atoms with Crippen molar-refractivity contribution in [3.05, 3.63) is 71.8 Å². The lowest BCUT2D eigenvalue weighted by molar-refractivity contribution is -0.146. The van der Waals surface area contributed by atoms with Crippen molar-refractivity contribution in [2.75, 3.05) is 13.2 Å². The van der Waals surface area contributed by atoms with Gasteiger partial charge in [-0.25, -0.2) is 0 Å². The van der Waals surface area contributed by atoms with Gasteiger partial charge in [0.1, 0.15) is 0 Å². The van der Waals surface area contributed by atoms with Gasteiger partial charge in [0.15, 0.2) is 0 Å². The fourth-order valence-corrected chi connectivity index (χ4v) is 3.28. The minimum Gasteiger partial charge on any atom is -0.465 e. The Labute approximate surface area is 137 Å². The van der Waals surface area contributed by atoms with Crippen molar-refractivity contribution in [1.29, 1.82) is 0 Å². The van der Waals surface area contributed by atoms with E-state index in [1.165, 1.54) is 5.56 Å². The molecule has 0 spiro atoms. The summed E-state index contributed by atoms with van der Waals surface area (Å²) in [6.45, 7) is 3.94. The molecule has 0 amide bonds. The molecule has 0 aromatic heterocycles. The molecule has 1 saturated carbocycles. The first-order chi connectivity index (χ1) is 11.3. The van der Waals surface area contributed by atoms with Crippen molar-refractivity contribution in [2.24, 2.45) is 5.92 Å². The molecule has 0 bridgehead atoms. The van der Waals surface area contributed by atoms with Crippen LogP contribution in [0.4, 0.5) is 0 Å². The summed E-state index contributed by atoms with van der Waals surface area (Å²) < 4.78 is 5.35. The summed E-state index contributed by atoms with van der Waals surface area (Å²) in [6, 6.07) is 20.3. The second kappa shape index (κ2) is 6.97. The van der Waals surface area contributed by atoms with Crippen molar-refractivity contribution in [3.63, 3.8) is 0 Å². The zero-order valence-electron chi connectivity index (χ0n) is 13.5. The number of carbonyl (C=O) groups is 1. The Bertz CT molecular complexity index is 641. The van der Waals surface area contributed by atoms with Gasteiger partial charge in [0.25, 0.3) is 0 Å². The molecule has 1 aliphatic carbocycles. The lowest BCUT2D eigenvalue weighted by Gasteiger charge is -2.17. The summed E-state index contributed by atoms with van der Waals surface area (Å²) in [5.74, 6) is 0.213. The number of hydrogen-bond donors (Lipinski definition) is 1. The van der Waals surface area contributed by atoms with Gasteiger partial charge in [-0.1, -0.05) is 60.7 Å². The van der Waals surface area contributed by atoms with E-state index in [0.717, 1.165) is 25.1 Å². The van der Waals surface area contributed by atoms with E-state index in [1.54, 1.807) is 0 Å². The van der Waals surface area contributed by atoms with Gasteiger partial charge < -0.3 is 10.1 Å². The minimum absolute atomic E-state index is 0.0855. The standard InChI is InChI=1S/C20H23NO2/c1-2-23-19(22)20(17-11-7-4-8-12-17)13-18(20)15-21-14-16-9-5-3-6-10-16/h3-12,18,21H,2,13-15H2,1H3/t18?,20-/m1/s1. The number of carbonyl (C=O) groups excluding carboxylic acids is 1. The number of benzene rings is 2. The smallest absolute Gasteiger partial charge is 0.316 e. The molecule has 0 aliphatic heterocycles. The average Bonchev–Trinajstić information content (AvgIpc) is 3.33. The monoisotopic (exact) mass is 309 g/mol. The van der Waals surface area contributed by atoms with Crippen LogP contribution in [0, 0.1) is 5.92 Å². The maximum atomic E-state index is 12.5. The molecule has 0 radical (unpaired) electrons. The molecule has 3 rings (SSSR count). The van der Waals surface area contributed by atoms with Crippen LogP contribution in [0.5, 0.6) is 0 Å². The highest BCUT2D eigenvalue weighted by atomic mass is 16.5. The van der Waals surface area contributed by atoms with Gasteiger partial charge in [0.05, 0.1) is 12.0 Å². The molecule has 2 aromatic rings. The number of nitrogens with one attached hydrogen (secondary N) is 1. The Balaban J connectivity index is 1.65. The van der Waals surface area contributed by atoms with Crippen LogP contribution in [0.3, 0.4) is 0 Å². The van der Waals surface area contributed by atoms with Gasteiger partial charge in [-0.15, -0.1) is 0 Å². The Morgan fingerprint density at radius 3 is 2.43 bits per heavy atom. The van der Waals surface area contributed by atoms with E-state index in [9.17, 15) is 4.79 Å². The van der Waals surface area contributed by atoms with E-state index in [2.05, 4.69) is 17.4 Å². The molecular weight excluding hydrogens is 286 g/mol. The van der Waals surface area contributed by atoms with E-state index in [4.69, 9.17) is 4.74 Å². The predicted octanol–water partition coefficient (Wildman–Crippen LogP) is 3.30. The Hall–Kier alpha value is -2.13. The number of esters is 1. The van der Waals surface area contributed by atoms with Crippen LogP contribution in [0.1, 0.15) is 24.5 Å². The van der Waals surface area contributed by atoms with Gasteiger partial charge in [0, 0.05) is 6.54 Å². The van der Waals surface area contributed by atoms with Crippen LogP contribution in [-0.2, 0) is 21.5 Å². The lowest BCUT2D eigenvalue weighted by Crippen LogP contribution is -2.29. The topological polar surface area (TPSA) is 38.3 Å². The van der Waals surface area contributed by atoms with E-state index in [0.29, 0.717) is 12.5 Å². The maximum absolute atomic E-state index is 12.5. The van der Waals surface area contributed by atoms with Gasteiger partial charge >= 0.3 is 5.97 Å². The van der Waals surface area contributed by atoms with E-state index in [-0.39, 0.29) is 5.97 Å². The molecule has 2 atom stereocenters. The normalized spacial score (nSPS) is 22.6. The highest BCUT2D eigenvalue weighted by Crippen LogP contribution is 2.54. The SMILES string of the molecule is CCOC(=O)[C@@]1(c2ccccc2)CC1CNCc1ccccc1. The van der Waals surface area contributed by atoms with E-state index in [1.807, 2.05) is 55.5 Å². The molecule has 23 heavy (non-hydrogen) atoms. The molecule has 3 nitrogen and oxygen atoms in total. The van der Waals surface area contributed by atoms with Gasteiger partial charge in [-0.2, -0.15) is 0 Å². The summed E-state index contributed by atoms with van der Waals surface area (Å²) in [5, 5.41) is 3.48. The van der Waals surface area contributed by atoms with Crippen LogP contribution in [0.15, 0.2) is 60.7 Å². The highest BCUT2D eigenvalue weighted by molar-refractivity contribution is 5.87. The summed E-state index contributed by atoms with van der Waals surface area (Å²) in [5.41, 5.74) is 1.88. The first-order valence-electron chi connectivity index (χ1n) is 8.24. The zero-order chi connectivity index (χ0) is 16.1. The summed E-state index contributed by atoms with van der Waals surface area (Å²) >= 11 is 0. The van der Waals surface area contributed by atoms with Crippen molar-refractivity contribution in [3.8, 4) is 0 Å². The van der Waals surface area contributed by atoms with Crippen molar-refractivity contribution < 1.29 is 9.53 Å². The van der Waals surface area contributed by atoms with Crippen molar-refractivity contribution in [1.82, 2.24) is 5.32 Å². The summed E-state index contributed by atoms with van der Waals surface area (Å²) in [4.78, 5) is 12.5. The van der Waals surface area contributed by atoms with Crippen LogP contribution in [0.25, 0.3) is 0 Å². The van der Waals surface area contributed by atoms with Gasteiger partial charge in [0.2, 0.25) is 0 Å². The Morgan fingerprint density at radius 2 is 1.78 bits per heavy atom. The molecule has 0 saturated heterocycles. The molecule has 1 fully saturated rings. The van der Waals surface area contributed by atoms with Crippen LogP contribution in [0.2, 0.25) is 0 Å². The third-order valence-electron chi connectivity index (χ3n) is 4.60. The van der Waals surface area contributed by atoms with Crippen molar-refractivity contribution >= 4 is 5.97 Å². The molecular formula is C20H23NO2. The molecule has 120 valence electrons. The third-order valence-corrected chi connectivity index (χ3v) is 4.60. The third kappa shape index (κ3) is 3.30. The molecule has 0 heterocycles. The van der Waals surface area contributed by atoms with Crippen molar-refractivity contribution in [2.45, 2.75) is 25.3 Å². The largest absolute Gasteiger partial charge is 0.465 e. The van der Waals surface area contributed by atoms with Crippen LogP contribution in [-0.4, -0.2) is 19.1 Å². The second-order valence-electron chi connectivity index (χ2n) is 6.08. The minimum atomic E-state index is -0.457. The lowest BCUT2D eigenvalue weighted by atomic mass is 9.93.